The Kier molecular flexibility index (Phi) is 6.05. The number of Topliss-reactive ketones (excluding diaryl/α,β-unsaturated/α-hetero) is 1. The summed E-state index contributed by atoms with van der Waals surface area (Å²) < 4.78 is 0. The second kappa shape index (κ2) is 7.66. The Morgan fingerprint density at radius 3 is 2.50 bits per heavy atom. The number of nitrogens with one attached hydrogen (secondary N) is 1. The molecule has 1 amide bonds. The number of carbonyl (C=O) groups is 2. The van der Waals surface area contributed by atoms with Crippen molar-refractivity contribution in [1.29, 1.82) is 0 Å². The molecule has 2 unspecified atom stereocenters. The topological polar surface area (TPSA) is 66.4 Å². The SMILES string of the molecule is CC1CCC(C(C)C)[C@@](O)(C(=O)NCC(=O)c2ccc(Cl)cc2)C1. The summed E-state index contributed by atoms with van der Waals surface area (Å²) in [6.07, 6.45) is 2.28. The second-order valence-electron chi connectivity index (χ2n) is 7.27. The summed E-state index contributed by atoms with van der Waals surface area (Å²) in [7, 11) is 0. The van der Waals surface area contributed by atoms with Gasteiger partial charge in [-0.2, -0.15) is 0 Å². The first-order valence-corrected chi connectivity index (χ1v) is 8.91. The van der Waals surface area contributed by atoms with E-state index in [4.69, 9.17) is 11.6 Å². The molecule has 3 atom stereocenters. The molecule has 0 aliphatic heterocycles. The zero-order chi connectivity index (χ0) is 17.9. The molecule has 2 N–H and O–H groups in total. The average molecular weight is 352 g/mol. The van der Waals surface area contributed by atoms with Crippen molar-refractivity contribution >= 4 is 23.3 Å². The van der Waals surface area contributed by atoms with E-state index in [-0.39, 0.29) is 24.2 Å². The number of hydrogen-bond acceptors (Lipinski definition) is 3. The molecule has 1 fully saturated rings. The van der Waals surface area contributed by atoms with Crippen LogP contribution in [0.3, 0.4) is 0 Å². The van der Waals surface area contributed by atoms with E-state index in [9.17, 15) is 14.7 Å². The Bertz CT molecular complexity index is 599. The molecule has 0 heterocycles. The summed E-state index contributed by atoms with van der Waals surface area (Å²) in [6.45, 7) is 5.98. The van der Waals surface area contributed by atoms with Gasteiger partial charge in [0.2, 0.25) is 0 Å². The van der Waals surface area contributed by atoms with Gasteiger partial charge in [0.15, 0.2) is 5.78 Å². The molecular formula is C19H26ClNO3. The standard InChI is InChI=1S/C19H26ClNO3/c1-12(2)16-9-4-13(3)10-19(16,24)18(23)21-11-17(22)14-5-7-15(20)8-6-14/h5-8,12-13,16,24H,4,9-11H2,1-3H3,(H,21,23)/t13?,16?,19-/m1/s1. The van der Waals surface area contributed by atoms with E-state index in [0.717, 1.165) is 12.8 Å². The van der Waals surface area contributed by atoms with E-state index < -0.39 is 11.5 Å². The molecule has 132 valence electrons. The van der Waals surface area contributed by atoms with Crippen molar-refractivity contribution in [3.05, 3.63) is 34.9 Å². The summed E-state index contributed by atoms with van der Waals surface area (Å²) in [6, 6.07) is 6.54. The van der Waals surface area contributed by atoms with Crippen LogP contribution in [0.2, 0.25) is 5.02 Å². The fourth-order valence-corrected chi connectivity index (χ4v) is 3.81. The molecule has 24 heavy (non-hydrogen) atoms. The van der Waals surface area contributed by atoms with Gasteiger partial charge >= 0.3 is 0 Å². The second-order valence-corrected chi connectivity index (χ2v) is 7.71. The molecule has 0 aromatic heterocycles. The van der Waals surface area contributed by atoms with Crippen LogP contribution < -0.4 is 5.32 Å². The smallest absolute Gasteiger partial charge is 0.252 e. The Balaban J connectivity index is 2.04. The first-order valence-electron chi connectivity index (χ1n) is 8.53. The minimum atomic E-state index is -1.40. The van der Waals surface area contributed by atoms with E-state index in [1.807, 2.05) is 20.8 Å². The molecule has 2 rings (SSSR count). The maximum Gasteiger partial charge on any atom is 0.252 e. The Morgan fingerprint density at radius 1 is 1.29 bits per heavy atom. The Labute approximate surface area is 148 Å². The van der Waals surface area contributed by atoms with Crippen LogP contribution in [-0.2, 0) is 4.79 Å². The Morgan fingerprint density at radius 2 is 1.92 bits per heavy atom. The number of aliphatic hydroxyl groups is 1. The summed E-state index contributed by atoms with van der Waals surface area (Å²) >= 11 is 5.81. The van der Waals surface area contributed by atoms with Gasteiger partial charge in [-0.05, 0) is 54.9 Å². The molecule has 0 bridgehead atoms. The lowest BCUT2D eigenvalue weighted by atomic mass is 9.66. The number of rotatable bonds is 5. The van der Waals surface area contributed by atoms with Crippen LogP contribution in [0, 0.1) is 17.8 Å². The summed E-state index contributed by atoms with van der Waals surface area (Å²) in [5.41, 5.74) is -0.907. The maximum atomic E-state index is 12.6. The number of amides is 1. The highest BCUT2D eigenvalue weighted by molar-refractivity contribution is 6.30. The monoisotopic (exact) mass is 351 g/mol. The van der Waals surface area contributed by atoms with Crippen LogP contribution in [0.15, 0.2) is 24.3 Å². The van der Waals surface area contributed by atoms with Gasteiger partial charge in [0.25, 0.3) is 5.91 Å². The molecule has 1 aliphatic rings. The van der Waals surface area contributed by atoms with Gasteiger partial charge in [-0.15, -0.1) is 0 Å². The quantitative estimate of drug-likeness (QED) is 0.798. The van der Waals surface area contributed by atoms with Crippen LogP contribution in [0.1, 0.15) is 50.4 Å². The fourth-order valence-electron chi connectivity index (χ4n) is 3.68. The highest BCUT2D eigenvalue weighted by atomic mass is 35.5. The van der Waals surface area contributed by atoms with Crippen LogP contribution in [-0.4, -0.2) is 28.9 Å². The zero-order valence-electron chi connectivity index (χ0n) is 14.5. The molecule has 1 aromatic carbocycles. The first kappa shape index (κ1) is 18.9. The van der Waals surface area contributed by atoms with Gasteiger partial charge in [-0.1, -0.05) is 38.8 Å². The van der Waals surface area contributed by atoms with Crippen molar-refractivity contribution in [3.63, 3.8) is 0 Å². The van der Waals surface area contributed by atoms with Crippen molar-refractivity contribution < 1.29 is 14.7 Å². The number of halogens is 1. The normalized spacial score (nSPS) is 27.1. The van der Waals surface area contributed by atoms with E-state index in [1.165, 1.54) is 0 Å². The predicted octanol–water partition coefficient (Wildman–Crippen LogP) is 3.46. The fraction of sp³-hybridized carbons (Fsp3) is 0.579. The number of ketones is 1. The molecule has 1 aliphatic carbocycles. The Hall–Kier alpha value is -1.39. The molecule has 1 aromatic rings. The van der Waals surface area contributed by atoms with Crippen LogP contribution >= 0.6 is 11.6 Å². The van der Waals surface area contributed by atoms with Crippen molar-refractivity contribution in [3.8, 4) is 0 Å². The number of carbonyl (C=O) groups excluding carboxylic acids is 2. The summed E-state index contributed by atoms with van der Waals surface area (Å²) in [5.74, 6) is -0.217. The van der Waals surface area contributed by atoms with Crippen molar-refractivity contribution in [2.24, 2.45) is 17.8 Å². The average Bonchev–Trinajstić information content (AvgIpc) is 2.52. The molecule has 0 radical (unpaired) electrons. The third-order valence-corrected chi connectivity index (χ3v) is 5.27. The molecule has 5 heteroatoms. The molecule has 0 spiro atoms. The van der Waals surface area contributed by atoms with Crippen molar-refractivity contribution in [1.82, 2.24) is 5.32 Å². The number of hydrogen-bond donors (Lipinski definition) is 2. The van der Waals surface area contributed by atoms with E-state index in [2.05, 4.69) is 5.32 Å². The van der Waals surface area contributed by atoms with Gasteiger partial charge in [-0.25, -0.2) is 0 Å². The zero-order valence-corrected chi connectivity index (χ0v) is 15.3. The predicted molar refractivity (Wildman–Crippen MR) is 95.1 cm³/mol. The van der Waals surface area contributed by atoms with Crippen LogP contribution in [0.25, 0.3) is 0 Å². The lowest BCUT2D eigenvalue weighted by Gasteiger charge is -2.43. The largest absolute Gasteiger partial charge is 0.380 e. The summed E-state index contributed by atoms with van der Waals surface area (Å²) in [4.78, 5) is 24.8. The minimum absolute atomic E-state index is 0.0840. The number of benzene rings is 1. The molecule has 4 nitrogen and oxygen atoms in total. The van der Waals surface area contributed by atoms with Gasteiger partial charge in [0.1, 0.15) is 5.60 Å². The van der Waals surface area contributed by atoms with Gasteiger partial charge < -0.3 is 10.4 Å². The lowest BCUT2D eigenvalue weighted by Crippen LogP contribution is -2.56. The van der Waals surface area contributed by atoms with Gasteiger partial charge in [0.05, 0.1) is 6.54 Å². The molecule has 0 saturated heterocycles. The van der Waals surface area contributed by atoms with E-state index in [0.29, 0.717) is 22.9 Å². The summed E-state index contributed by atoms with van der Waals surface area (Å²) in [5, 5.41) is 14.2. The lowest BCUT2D eigenvalue weighted by molar-refractivity contribution is -0.155. The van der Waals surface area contributed by atoms with Crippen molar-refractivity contribution in [2.45, 2.75) is 45.6 Å². The molecule has 1 saturated carbocycles. The van der Waals surface area contributed by atoms with E-state index in [1.54, 1.807) is 24.3 Å². The highest BCUT2D eigenvalue weighted by Gasteiger charge is 2.48. The molecular weight excluding hydrogens is 326 g/mol. The van der Waals surface area contributed by atoms with Crippen LogP contribution in [0.4, 0.5) is 0 Å². The van der Waals surface area contributed by atoms with Crippen LogP contribution in [0.5, 0.6) is 0 Å². The minimum Gasteiger partial charge on any atom is -0.380 e. The third-order valence-electron chi connectivity index (χ3n) is 5.02. The highest BCUT2D eigenvalue weighted by Crippen LogP contribution is 2.41. The van der Waals surface area contributed by atoms with Gasteiger partial charge in [0, 0.05) is 10.6 Å². The van der Waals surface area contributed by atoms with E-state index >= 15 is 0 Å². The first-order chi connectivity index (χ1) is 11.2. The maximum absolute atomic E-state index is 12.6. The third kappa shape index (κ3) is 4.17. The van der Waals surface area contributed by atoms with Crippen molar-refractivity contribution in [2.75, 3.05) is 6.54 Å². The van der Waals surface area contributed by atoms with Gasteiger partial charge in [-0.3, -0.25) is 9.59 Å².